The molecule has 0 atom stereocenters. The molecule has 4 nitrogen and oxygen atoms in total. The summed E-state index contributed by atoms with van der Waals surface area (Å²) in [5, 5.41) is 2.75. The van der Waals surface area contributed by atoms with Crippen LogP contribution in [0.3, 0.4) is 0 Å². The van der Waals surface area contributed by atoms with Crippen molar-refractivity contribution in [3.05, 3.63) is 52.8 Å². The average molecular weight is 371 g/mol. The van der Waals surface area contributed by atoms with Crippen LogP contribution < -0.4 is 10.1 Å². The molecule has 0 heterocycles. The van der Waals surface area contributed by atoms with E-state index < -0.39 is 29.3 Å². The first-order valence-electron chi connectivity index (χ1n) is 7.67. The number of alkyl halides is 3. The highest BCUT2D eigenvalue weighted by atomic mass is 19.4. The molecule has 0 aliphatic carbocycles. The molecule has 26 heavy (non-hydrogen) atoms. The zero-order valence-corrected chi connectivity index (χ0v) is 14.3. The first kappa shape index (κ1) is 19.6. The number of carbonyl (C=O) groups excluding carboxylic acids is 1. The average Bonchev–Trinajstić information content (AvgIpc) is 2.56. The van der Waals surface area contributed by atoms with Gasteiger partial charge in [-0.1, -0.05) is 0 Å². The van der Waals surface area contributed by atoms with Gasteiger partial charge in [0.1, 0.15) is 11.6 Å². The Hall–Kier alpha value is -2.77. The number of halogens is 4. The molecular formula is C18H17F4NO3. The molecule has 0 aliphatic rings. The quantitative estimate of drug-likeness (QED) is 0.588. The van der Waals surface area contributed by atoms with Crippen molar-refractivity contribution in [2.45, 2.75) is 20.0 Å². The minimum absolute atomic E-state index is 0.0528. The van der Waals surface area contributed by atoms with Crippen molar-refractivity contribution in [1.29, 1.82) is 0 Å². The molecule has 0 aromatic heterocycles. The number of anilines is 2. The van der Waals surface area contributed by atoms with E-state index in [4.69, 9.17) is 9.47 Å². The fourth-order valence-electron chi connectivity index (χ4n) is 2.36. The van der Waals surface area contributed by atoms with Crippen LogP contribution in [-0.2, 0) is 10.9 Å². The number of hydrogen-bond donors (Lipinski definition) is 1. The van der Waals surface area contributed by atoms with E-state index in [9.17, 15) is 22.4 Å². The Labute approximate surface area is 147 Å². The van der Waals surface area contributed by atoms with Crippen molar-refractivity contribution in [3.8, 4) is 5.75 Å². The van der Waals surface area contributed by atoms with Crippen molar-refractivity contribution in [2.24, 2.45) is 0 Å². The van der Waals surface area contributed by atoms with E-state index in [2.05, 4.69) is 5.32 Å². The van der Waals surface area contributed by atoms with Crippen LogP contribution in [0.2, 0.25) is 0 Å². The van der Waals surface area contributed by atoms with Gasteiger partial charge in [-0.05, 0) is 49.7 Å². The molecule has 0 bridgehead atoms. The van der Waals surface area contributed by atoms with Gasteiger partial charge in [0.25, 0.3) is 0 Å². The lowest BCUT2D eigenvalue weighted by Gasteiger charge is -2.18. The van der Waals surface area contributed by atoms with Gasteiger partial charge in [0.05, 0.1) is 30.5 Å². The van der Waals surface area contributed by atoms with Gasteiger partial charge in [-0.2, -0.15) is 13.2 Å². The van der Waals surface area contributed by atoms with Gasteiger partial charge in [0.15, 0.2) is 0 Å². The molecule has 1 N–H and O–H groups in total. The number of ether oxygens (including phenoxy) is 2. The van der Waals surface area contributed by atoms with Gasteiger partial charge in [0.2, 0.25) is 0 Å². The molecule has 0 radical (unpaired) electrons. The summed E-state index contributed by atoms with van der Waals surface area (Å²) in [6.45, 7) is 3.22. The molecule has 0 saturated heterocycles. The molecule has 0 fully saturated rings. The van der Waals surface area contributed by atoms with Crippen molar-refractivity contribution >= 4 is 17.3 Å². The number of methoxy groups -OCH3 is 1. The van der Waals surface area contributed by atoms with Crippen LogP contribution in [0.5, 0.6) is 5.75 Å². The van der Waals surface area contributed by atoms with E-state index in [0.29, 0.717) is 11.3 Å². The lowest BCUT2D eigenvalue weighted by Crippen LogP contribution is -2.13. The summed E-state index contributed by atoms with van der Waals surface area (Å²) in [7, 11) is 1.08. The van der Waals surface area contributed by atoms with Crippen LogP contribution >= 0.6 is 0 Å². The normalized spacial score (nSPS) is 11.2. The van der Waals surface area contributed by atoms with Gasteiger partial charge in [-0.15, -0.1) is 0 Å². The monoisotopic (exact) mass is 371 g/mol. The summed E-state index contributed by atoms with van der Waals surface area (Å²) in [5.41, 5.74) is -0.471. The van der Waals surface area contributed by atoms with Crippen molar-refractivity contribution in [1.82, 2.24) is 0 Å². The SMILES string of the molecule is CCOC(=O)c1cc(OC)c(C(F)(F)F)cc1Nc1ccc(F)cc1C. The maximum atomic E-state index is 13.3. The summed E-state index contributed by atoms with van der Waals surface area (Å²) in [6.07, 6.45) is -4.69. The molecule has 0 aliphatic heterocycles. The van der Waals surface area contributed by atoms with Crippen LogP contribution in [-0.4, -0.2) is 19.7 Å². The molecule has 0 saturated carbocycles. The fraction of sp³-hybridized carbons (Fsp3) is 0.278. The third kappa shape index (κ3) is 4.25. The molecule has 140 valence electrons. The number of benzene rings is 2. The van der Waals surface area contributed by atoms with Gasteiger partial charge in [0, 0.05) is 5.69 Å². The summed E-state index contributed by atoms with van der Waals surface area (Å²) in [5.74, 6) is -1.78. The first-order chi connectivity index (χ1) is 12.2. The van der Waals surface area contributed by atoms with E-state index in [1.165, 1.54) is 12.1 Å². The molecule has 8 heteroatoms. The van der Waals surface area contributed by atoms with E-state index in [-0.39, 0.29) is 17.9 Å². The summed E-state index contributed by atoms with van der Waals surface area (Å²) in [4.78, 5) is 12.2. The molecule has 0 spiro atoms. The number of hydrogen-bond acceptors (Lipinski definition) is 4. The highest BCUT2D eigenvalue weighted by molar-refractivity contribution is 5.97. The summed E-state index contributed by atoms with van der Waals surface area (Å²) < 4.78 is 62.8. The molecule has 0 amide bonds. The number of rotatable bonds is 5. The van der Waals surface area contributed by atoms with Gasteiger partial charge in [-0.25, -0.2) is 9.18 Å². The lowest BCUT2D eigenvalue weighted by atomic mass is 10.1. The Kier molecular flexibility index (Phi) is 5.74. The second kappa shape index (κ2) is 7.63. The Morgan fingerprint density at radius 3 is 2.38 bits per heavy atom. The standard InChI is InChI=1S/C18H17F4NO3/c1-4-26-17(24)12-8-16(25-3)13(18(20,21)22)9-15(12)23-14-6-5-11(19)7-10(14)2/h5-9,23H,4H2,1-3H3. The smallest absolute Gasteiger partial charge is 0.420 e. The topological polar surface area (TPSA) is 47.6 Å². The molecule has 0 unspecified atom stereocenters. The van der Waals surface area contributed by atoms with Crippen molar-refractivity contribution in [2.75, 3.05) is 19.0 Å². The number of aryl methyl sites for hydroxylation is 1. The largest absolute Gasteiger partial charge is 0.496 e. The minimum Gasteiger partial charge on any atom is -0.496 e. The molecular weight excluding hydrogens is 354 g/mol. The Balaban J connectivity index is 2.61. The van der Waals surface area contributed by atoms with Gasteiger partial charge in [-0.3, -0.25) is 0 Å². The predicted molar refractivity (Wildman–Crippen MR) is 88.4 cm³/mol. The van der Waals surface area contributed by atoms with Crippen LogP contribution in [0.1, 0.15) is 28.4 Å². The third-order valence-corrected chi connectivity index (χ3v) is 3.60. The van der Waals surface area contributed by atoms with Crippen molar-refractivity contribution in [3.63, 3.8) is 0 Å². The Morgan fingerprint density at radius 2 is 1.85 bits per heavy atom. The third-order valence-electron chi connectivity index (χ3n) is 3.60. The maximum Gasteiger partial charge on any atom is 0.420 e. The summed E-state index contributed by atoms with van der Waals surface area (Å²) >= 11 is 0. The number of esters is 1. The number of carbonyl (C=O) groups is 1. The molecule has 2 aromatic rings. The van der Waals surface area contributed by atoms with E-state index >= 15 is 0 Å². The molecule has 2 aromatic carbocycles. The minimum atomic E-state index is -4.69. The first-order valence-corrected chi connectivity index (χ1v) is 7.67. The van der Waals surface area contributed by atoms with E-state index in [1.54, 1.807) is 13.8 Å². The maximum absolute atomic E-state index is 13.3. The van der Waals surface area contributed by atoms with Crippen LogP contribution in [0, 0.1) is 12.7 Å². The highest BCUT2D eigenvalue weighted by Crippen LogP contribution is 2.40. The van der Waals surface area contributed by atoms with Crippen LogP contribution in [0.15, 0.2) is 30.3 Å². The second-order valence-corrected chi connectivity index (χ2v) is 5.40. The zero-order valence-electron chi connectivity index (χ0n) is 14.3. The highest BCUT2D eigenvalue weighted by Gasteiger charge is 2.36. The van der Waals surface area contributed by atoms with E-state index in [1.807, 2.05) is 0 Å². The zero-order chi connectivity index (χ0) is 19.5. The Bertz CT molecular complexity index is 819. The number of nitrogens with one attached hydrogen (secondary N) is 1. The lowest BCUT2D eigenvalue weighted by molar-refractivity contribution is -0.138. The van der Waals surface area contributed by atoms with Crippen molar-refractivity contribution < 1.29 is 31.8 Å². The predicted octanol–water partition coefficient (Wildman–Crippen LogP) is 5.08. The molecule has 2 rings (SSSR count). The van der Waals surface area contributed by atoms with E-state index in [0.717, 1.165) is 25.3 Å². The van der Waals surface area contributed by atoms with Gasteiger partial charge >= 0.3 is 12.1 Å². The second-order valence-electron chi connectivity index (χ2n) is 5.40. The van der Waals surface area contributed by atoms with Crippen LogP contribution in [0.4, 0.5) is 28.9 Å². The summed E-state index contributed by atoms with van der Waals surface area (Å²) in [6, 6.07) is 5.50. The fourth-order valence-corrected chi connectivity index (χ4v) is 2.36. The van der Waals surface area contributed by atoms with Crippen LogP contribution in [0.25, 0.3) is 0 Å². The Morgan fingerprint density at radius 1 is 1.15 bits per heavy atom. The van der Waals surface area contributed by atoms with Gasteiger partial charge < -0.3 is 14.8 Å².